The van der Waals surface area contributed by atoms with Gasteiger partial charge in [-0.2, -0.15) is 4.37 Å². The maximum absolute atomic E-state index is 12.0. The van der Waals surface area contributed by atoms with Crippen LogP contribution in [0.2, 0.25) is 0 Å². The molecule has 1 saturated carbocycles. The Hall–Kier alpha value is -1.14. The molecule has 0 saturated heterocycles. The zero-order valence-electron chi connectivity index (χ0n) is 12.6. The highest BCUT2D eigenvalue weighted by atomic mass is 32.1. The second-order valence-corrected chi connectivity index (χ2v) is 6.44. The average Bonchev–Trinajstić information content (AvgIpc) is 2.75. The largest absolute Gasteiger partial charge is 0.462 e. The Balaban J connectivity index is 2.14. The Kier molecular flexibility index (Phi) is 4.34. The van der Waals surface area contributed by atoms with E-state index in [1.807, 2.05) is 6.92 Å². The molecule has 0 aliphatic heterocycles. The number of anilines is 1. The lowest BCUT2D eigenvalue weighted by Crippen LogP contribution is -2.57. The summed E-state index contributed by atoms with van der Waals surface area (Å²) < 4.78 is 14.8. The van der Waals surface area contributed by atoms with E-state index in [0.717, 1.165) is 17.1 Å². The van der Waals surface area contributed by atoms with Gasteiger partial charge in [-0.15, -0.1) is 0 Å². The molecule has 2 rings (SSSR count). The molecule has 112 valence electrons. The smallest absolute Gasteiger partial charge is 0.343 e. The van der Waals surface area contributed by atoms with E-state index in [4.69, 9.17) is 9.47 Å². The summed E-state index contributed by atoms with van der Waals surface area (Å²) in [7, 11) is 1.74. The van der Waals surface area contributed by atoms with E-state index < -0.39 is 0 Å². The maximum atomic E-state index is 12.0. The Labute approximate surface area is 123 Å². The van der Waals surface area contributed by atoms with Gasteiger partial charge >= 0.3 is 5.97 Å². The summed E-state index contributed by atoms with van der Waals surface area (Å²) in [5.74, 6) is -0.304. The highest BCUT2D eigenvalue weighted by Gasteiger charge is 2.49. The van der Waals surface area contributed by atoms with Crippen LogP contribution in [0.4, 0.5) is 5.00 Å². The summed E-state index contributed by atoms with van der Waals surface area (Å²) in [6.07, 6.45) is 1.18. The minimum absolute atomic E-state index is 0.0403. The summed E-state index contributed by atoms with van der Waals surface area (Å²) in [4.78, 5) is 12.0. The summed E-state index contributed by atoms with van der Waals surface area (Å²) in [5, 5.41) is 4.24. The summed E-state index contributed by atoms with van der Waals surface area (Å²) in [6.45, 7) is 8.34. The van der Waals surface area contributed by atoms with Crippen molar-refractivity contribution in [1.29, 1.82) is 0 Å². The fraction of sp³-hybridized carbons (Fsp3) is 0.714. The van der Waals surface area contributed by atoms with E-state index in [-0.39, 0.29) is 23.5 Å². The first-order chi connectivity index (χ1) is 9.41. The van der Waals surface area contributed by atoms with Crippen molar-refractivity contribution in [1.82, 2.24) is 4.37 Å². The standard InChI is InChI=1S/C14H22N2O3S/c1-6-19-13(17)11-8(2)16-20-12(11)15-9-7-10(18-5)14(9,3)4/h9-10,15H,6-7H2,1-5H3. The molecular formula is C14H22N2O3S. The van der Waals surface area contributed by atoms with E-state index >= 15 is 0 Å². The number of methoxy groups -OCH3 is 1. The fourth-order valence-corrected chi connectivity index (χ4v) is 3.44. The molecular weight excluding hydrogens is 276 g/mol. The molecule has 1 heterocycles. The van der Waals surface area contributed by atoms with Gasteiger partial charge in [0.25, 0.3) is 0 Å². The molecule has 1 aromatic rings. The van der Waals surface area contributed by atoms with Crippen LogP contribution in [-0.2, 0) is 9.47 Å². The van der Waals surface area contributed by atoms with Gasteiger partial charge in [0.2, 0.25) is 0 Å². The van der Waals surface area contributed by atoms with E-state index in [9.17, 15) is 4.79 Å². The summed E-state index contributed by atoms with van der Waals surface area (Å²) in [6, 6.07) is 0.278. The van der Waals surface area contributed by atoms with Crippen molar-refractivity contribution in [3.8, 4) is 0 Å². The molecule has 20 heavy (non-hydrogen) atoms. The van der Waals surface area contributed by atoms with Gasteiger partial charge in [0.15, 0.2) is 0 Å². The topological polar surface area (TPSA) is 60.5 Å². The SMILES string of the molecule is CCOC(=O)c1c(C)nsc1NC1CC(OC)C1(C)C. The third-order valence-corrected chi connectivity index (χ3v) is 4.98. The Morgan fingerprint density at radius 1 is 1.55 bits per heavy atom. The number of nitrogens with zero attached hydrogens (tertiary/aromatic N) is 1. The molecule has 1 aliphatic carbocycles. The molecule has 1 aromatic heterocycles. The minimum atomic E-state index is -0.304. The lowest BCUT2D eigenvalue weighted by atomic mass is 9.64. The van der Waals surface area contributed by atoms with Crippen LogP contribution < -0.4 is 5.32 Å². The lowest BCUT2D eigenvalue weighted by molar-refractivity contribution is -0.0793. The molecule has 5 nitrogen and oxygen atoms in total. The normalized spacial score (nSPS) is 24.1. The zero-order chi connectivity index (χ0) is 14.9. The summed E-state index contributed by atoms with van der Waals surface area (Å²) in [5.41, 5.74) is 1.32. The van der Waals surface area contributed by atoms with Crippen LogP contribution in [0.3, 0.4) is 0 Å². The monoisotopic (exact) mass is 298 g/mol. The van der Waals surface area contributed by atoms with E-state index in [1.54, 1.807) is 14.0 Å². The average molecular weight is 298 g/mol. The first-order valence-electron chi connectivity index (χ1n) is 6.84. The molecule has 1 aliphatic rings. The Morgan fingerprint density at radius 3 is 2.80 bits per heavy atom. The van der Waals surface area contributed by atoms with E-state index in [1.165, 1.54) is 11.5 Å². The molecule has 1 fully saturated rings. The van der Waals surface area contributed by atoms with Gasteiger partial charge in [-0.25, -0.2) is 4.79 Å². The number of nitrogens with one attached hydrogen (secondary N) is 1. The van der Waals surface area contributed by atoms with Crippen molar-refractivity contribution in [3.63, 3.8) is 0 Å². The van der Waals surface area contributed by atoms with Crippen LogP contribution in [-0.4, -0.2) is 36.2 Å². The van der Waals surface area contributed by atoms with Gasteiger partial charge in [-0.3, -0.25) is 0 Å². The third kappa shape index (κ3) is 2.54. The van der Waals surface area contributed by atoms with E-state index in [0.29, 0.717) is 12.2 Å². The number of hydrogen-bond acceptors (Lipinski definition) is 6. The summed E-state index contributed by atoms with van der Waals surface area (Å²) >= 11 is 1.31. The van der Waals surface area contributed by atoms with Crippen molar-refractivity contribution in [2.24, 2.45) is 5.41 Å². The quantitative estimate of drug-likeness (QED) is 0.847. The van der Waals surface area contributed by atoms with Crippen LogP contribution in [0, 0.1) is 12.3 Å². The number of carbonyl (C=O) groups is 1. The molecule has 1 N–H and O–H groups in total. The predicted molar refractivity (Wildman–Crippen MR) is 79.4 cm³/mol. The highest BCUT2D eigenvalue weighted by molar-refractivity contribution is 7.10. The number of carbonyl (C=O) groups excluding carboxylic acids is 1. The predicted octanol–water partition coefficient (Wildman–Crippen LogP) is 2.85. The van der Waals surface area contributed by atoms with Crippen LogP contribution in [0.1, 0.15) is 43.2 Å². The lowest BCUT2D eigenvalue weighted by Gasteiger charge is -2.51. The number of aromatic nitrogens is 1. The van der Waals surface area contributed by atoms with Crippen LogP contribution in [0.15, 0.2) is 0 Å². The number of esters is 1. The number of aryl methyl sites for hydroxylation is 1. The van der Waals surface area contributed by atoms with Crippen molar-refractivity contribution in [2.45, 2.75) is 46.3 Å². The molecule has 0 radical (unpaired) electrons. The molecule has 0 aromatic carbocycles. The van der Waals surface area contributed by atoms with Crippen molar-refractivity contribution < 1.29 is 14.3 Å². The van der Waals surface area contributed by atoms with Gasteiger partial charge < -0.3 is 14.8 Å². The second kappa shape index (κ2) is 5.69. The van der Waals surface area contributed by atoms with Gasteiger partial charge in [-0.1, -0.05) is 13.8 Å². The van der Waals surface area contributed by atoms with Crippen molar-refractivity contribution in [2.75, 3.05) is 19.0 Å². The first kappa shape index (κ1) is 15.3. The zero-order valence-corrected chi connectivity index (χ0v) is 13.5. The molecule has 6 heteroatoms. The molecule has 0 amide bonds. The van der Waals surface area contributed by atoms with Crippen LogP contribution >= 0.6 is 11.5 Å². The molecule has 2 atom stereocenters. The number of rotatable bonds is 5. The van der Waals surface area contributed by atoms with Gasteiger partial charge in [-0.05, 0) is 31.8 Å². The van der Waals surface area contributed by atoms with Crippen molar-refractivity contribution >= 4 is 22.5 Å². The molecule has 0 spiro atoms. The minimum Gasteiger partial charge on any atom is -0.462 e. The van der Waals surface area contributed by atoms with Gasteiger partial charge in [0, 0.05) is 18.6 Å². The third-order valence-electron chi connectivity index (χ3n) is 4.11. The van der Waals surface area contributed by atoms with Gasteiger partial charge in [0.05, 0.1) is 18.4 Å². The number of ether oxygens (including phenoxy) is 2. The molecule has 2 unspecified atom stereocenters. The molecule has 0 bridgehead atoms. The first-order valence-corrected chi connectivity index (χ1v) is 7.61. The van der Waals surface area contributed by atoms with Crippen LogP contribution in [0.25, 0.3) is 0 Å². The van der Waals surface area contributed by atoms with Crippen LogP contribution in [0.5, 0.6) is 0 Å². The maximum Gasteiger partial charge on any atom is 0.343 e. The number of hydrogen-bond donors (Lipinski definition) is 1. The van der Waals surface area contributed by atoms with E-state index in [2.05, 4.69) is 23.5 Å². The Morgan fingerprint density at radius 2 is 2.25 bits per heavy atom. The van der Waals surface area contributed by atoms with Gasteiger partial charge in [0.1, 0.15) is 10.6 Å². The van der Waals surface area contributed by atoms with Crippen molar-refractivity contribution in [3.05, 3.63) is 11.3 Å². The Bertz CT molecular complexity index is 499. The highest BCUT2D eigenvalue weighted by Crippen LogP contribution is 2.45. The second-order valence-electron chi connectivity index (χ2n) is 5.67. The fourth-order valence-electron chi connectivity index (χ4n) is 2.60.